The molecule has 0 bridgehead atoms. The number of hydrogen-bond acceptors (Lipinski definition) is 5. The zero-order valence-electron chi connectivity index (χ0n) is 16.5. The fraction of sp³-hybridized carbons (Fsp3) is 0.0870. The number of nitriles is 1. The van der Waals surface area contributed by atoms with Gasteiger partial charge in [-0.2, -0.15) is 10.2 Å². The van der Waals surface area contributed by atoms with E-state index in [2.05, 4.69) is 31.2 Å². The zero-order chi connectivity index (χ0) is 21.1. The van der Waals surface area contributed by atoms with Gasteiger partial charge >= 0.3 is 0 Å². The molecule has 0 radical (unpaired) electrons. The van der Waals surface area contributed by atoms with Gasteiger partial charge in [0, 0.05) is 5.69 Å². The van der Waals surface area contributed by atoms with Crippen LogP contribution in [0, 0.1) is 31.8 Å². The highest BCUT2D eigenvalue weighted by atomic mass is 15.2. The Morgan fingerprint density at radius 1 is 1.13 bits per heavy atom. The largest absolute Gasteiger partial charge is 0.324 e. The molecule has 7 heteroatoms. The molecule has 1 N–H and O–H groups in total. The molecular formula is C23H17N7. The summed E-state index contributed by atoms with van der Waals surface area (Å²) < 4.78 is 1.95. The number of benzene rings is 2. The lowest BCUT2D eigenvalue weighted by Gasteiger charge is -2.13. The number of rotatable bonds is 4. The Morgan fingerprint density at radius 2 is 1.87 bits per heavy atom. The van der Waals surface area contributed by atoms with Gasteiger partial charge in [-0.1, -0.05) is 18.2 Å². The fourth-order valence-electron chi connectivity index (χ4n) is 3.38. The van der Waals surface area contributed by atoms with Crippen molar-refractivity contribution in [2.45, 2.75) is 13.8 Å². The van der Waals surface area contributed by atoms with Crippen LogP contribution in [0.5, 0.6) is 0 Å². The molecule has 4 rings (SSSR count). The van der Waals surface area contributed by atoms with Crippen LogP contribution in [0.25, 0.3) is 27.8 Å². The minimum Gasteiger partial charge on any atom is -0.324 e. The quantitative estimate of drug-likeness (QED) is 0.498. The molecule has 0 saturated carbocycles. The van der Waals surface area contributed by atoms with Gasteiger partial charge < -0.3 is 5.32 Å². The van der Waals surface area contributed by atoms with Gasteiger partial charge in [-0.15, -0.1) is 0 Å². The molecule has 2 aromatic heterocycles. The number of anilines is 2. The molecule has 144 valence electrons. The van der Waals surface area contributed by atoms with Gasteiger partial charge in [-0.05, 0) is 54.8 Å². The Morgan fingerprint density at radius 3 is 2.53 bits per heavy atom. The molecule has 0 atom stereocenters. The van der Waals surface area contributed by atoms with Crippen molar-refractivity contribution in [1.29, 1.82) is 5.26 Å². The van der Waals surface area contributed by atoms with Gasteiger partial charge in [0.15, 0.2) is 11.8 Å². The lowest BCUT2D eigenvalue weighted by Crippen LogP contribution is -2.03. The molecule has 0 amide bonds. The highest BCUT2D eigenvalue weighted by Gasteiger charge is 2.13. The van der Waals surface area contributed by atoms with E-state index in [1.807, 2.05) is 42.7 Å². The molecule has 2 heterocycles. The van der Waals surface area contributed by atoms with Crippen molar-refractivity contribution in [3.05, 3.63) is 88.8 Å². The number of fused-ring (bicyclic) bond motifs is 1. The van der Waals surface area contributed by atoms with Crippen LogP contribution in [0.1, 0.15) is 22.3 Å². The Hall–Kier alpha value is -4.49. The third kappa shape index (κ3) is 3.60. The van der Waals surface area contributed by atoms with E-state index in [1.54, 1.807) is 30.7 Å². The summed E-state index contributed by atoms with van der Waals surface area (Å²) in [6.07, 6.45) is 6.68. The second kappa shape index (κ2) is 7.86. The SMILES string of the molecule is [C-]#[N+]C=Cc1cc(C)c(-n2cnc3cnc(Nc4ccc(C#N)cc4)nc32)c(C)c1. The number of hydrogen-bond donors (Lipinski definition) is 1. The van der Waals surface area contributed by atoms with E-state index in [1.165, 1.54) is 6.20 Å². The molecule has 0 unspecified atom stereocenters. The number of nitrogens with zero attached hydrogens (tertiary/aromatic N) is 6. The monoisotopic (exact) mass is 391 g/mol. The predicted molar refractivity (Wildman–Crippen MR) is 116 cm³/mol. The van der Waals surface area contributed by atoms with Crippen LogP contribution in [-0.4, -0.2) is 19.5 Å². The first-order chi connectivity index (χ1) is 14.6. The molecule has 0 fully saturated rings. The molecule has 7 nitrogen and oxygen atoms in total. The summed E-state index contributed by atoms with van der Waals surface area (Å²) in [6.45, 7) is 11.0. The standard InChI is InChI=1S/C23H17N7/c1-15-10-18(8-9-25-3)11-16(2)21(15)30-14-27-20-13-26-23(29-22(20)30)28-19-6-4-17(12-24)5-7-19/h4-11,13-14H,1-2H3,(H,26,28,29). The third-order valence-electron chi connectivity index (χ3n) is 4.66. The van der Waals surface area contributed by atoms with Crippen molar-refractivity contribution < 1.29 is 0 Å². The Labute approximate surface area is 173 Å². The fourth-order valence-corrected chi connectivity index (χ4v) is 3.38. The first kappa shape index (κ1) is 18.9. The topological polar surface area (TPSA) is 83.8 Å². The van der Waals surface area contributed by atoms with Gasteiger partial charge in [-0.25, -0.2) is 14.8 Å². The number of nitrogens with one attached hydrogen (secondary N) is 1. The zero-order valence-corrected chi connectivity index (χ0v) is 16.5. The maximum atomic E-state index is 8.93. The normalized spacial score (nSPS) is 10.8. The number of imidazole rings is 1. The van der Waals surface area contributed by atoms with E-state index < -0.39 is 0 Å². The van der Waals surface area contributed by atoms with Crippen molar-refractivity contribution in [2.24, 2.45) is 0 Å². The maximum Gasteiger partial charge on any atom is 0.229 e. The van der Waals surface area contributed by atoms with Crippen LogP contribution in [0.15, 0.2) is 55.1 Å². The minimum atomic E-state index is 0.445. The van der Waals surface area contributed by atoms with Crippen LogP contribution in [0.3, 0.4) is 0 Å². The number of aromatic nitrogens is 4. The molecular weight excluding hydrogens is 374 g/mol. The van der Waals surface area contributed by atoms with E-state index in [4.69, 9.17) is 11.8 Å². The molecule has 30 heavy (non-hydrogen) atoms. The molecule has 0 saturated heterocycles. The summed E-state index contributed by atoms with van der Waals surface area (Å²) in [6, 6.07) is 13.3. The van der Waals surface area contributed by atoms with Crippen LogP contribution < -0.4 is 5.32 Å². The lowest BCUT2D eigenvalue weighted by molar-refractivity contribution is 1.03. The smallest absolute Gasteiger partial charge is 0.229 e. The van der Waals surface area contributed by atoms with E-state index in [0.717, 1.165) is 28.1 Å². The third-order valence-corrected chi connectivity index (χ3v) is 4.66. The van der Waals surface area contributed by atoms with Gasteiger partial charge in [0.05, 0.1) is 30.1 Å². The first-order valence-corrected chi connectivity index (χ1v) is 9.21. The second-order valence-electron chi connectivity index (χ2n) is 6.78. The van der Waals surface area contributed by atoms with E-state index in [0.29, 0.717) is 22.7 Å². The second-order valence-corrected chi connectivity index (χ2v) is 6.78. The molecule has 2 aromatic carbocycles. The highest BCUT2D eigenvalue weighted by molar-refractivity contribution is 5.75. The highest BCUT2D eigenvalue weighted by Crippen LogP contribution is 2.26. The van der Waals surface area contributed by atoms with Crippen LogP contribution in [-0.2, 0) is 0 Å². The summed E-state index contributed by atoms with van der Waals surface area (Å²) in [5.41, 5.74) is 6.86. The molecule has 0 spiro atoms. The van der Waals surface area contributed by atoms with Gasteiger partial charge in [0.2, 0.25) is 5.95 Å². The van der Waals surface area contributed by atoms with Gasteiger partial charge in [0.1, 0.15) is 11.8 Å². The Balaban J connectivity index is 1.74. The van der Waals surface area contributed by atoms with E-state index >= 15 is 0 Å². The van der Waals surface area contributed by atoms with Crippen molar-refractivity contribution in [2.75, 3.05) is 5.32 Å². The average Bonchev–Trinajstić information content (AvgIpc) is 3.15. The van der Waals surface area contributed by atoms with Crippen molar-refractivity contribution in [3.8, 4) is 11.8 Å². The van der Waals surface area contributed by atoms with Gasteiger partial charge in [0.25, 0.3) is 0 Å². The number of aryl methyl sites for hydroxylation is 2. The van der Waals surface area contributed by atoms with Crippen LogP contribution >= 0.6 is 0 Å². The summed E-state index contributed by atoms with van der Waals surface area (Å²) >= 11 is 0. The Bertz CT molecular complexity index is 1330. The van der Waals surface area contributed by atoms with Crippen molar-refractivity contribution in [3.63, 3.8) is 0 Å². The van der Waals surface area contributed by atoms with Crippen LogP contribution in [0.2, 0.25) is 0 Å². The van der Waals surface area contributed by atoms with Crippen LogP contribution in [0.4, 0.5) is 11.6 Å². The Kier molecular flexibility index (Phi) is 4.94. The van der Waals surface area contributed by atoms with E-state index in [-0.39, 0.29) is 0 Å². The summed E-state index contributed by atoms with van der Waals surface area (Å²) in [5, 5.41) is 12.1. The predicted octanol–water partition coefficient (Wildman–Crippen LogP) is 4.94. The lowest BCUT2D eigenvalue weighted by atomic mass is 10.0. The van der Waals surface area contributed by atoms with E-state index in [9.17, 15) is 0 Å². The summed E-state index contributed by atoms with van der Waals surface area (Å²) in [7, 11) is 0. The summed E-state index contributed by atoms with van der Waals surface area (Å²) in [4.78, 5) is 16.7. The molecule has 0 aliphatic carbocycles. The molecule has 0 aliphatic rings. The maximum absolute atomic E-state index is 8.93. The minimum absolute atomic E-state index is 0.445. The average molecular weight is 391 g/mol. The van der Waals surface area contributed by atoms with Crippen molar-refractivity contribution >= 4 is 28.9 Å². The molecule has 4 aromatic rings. The molecule has 0 aliphatic heterocycles. The first-order valence-electron chi connectivity index (χ1n) is 9.21. The van der Waals surface area contributed by atoms with Crippen molar-refractivity contribution in [1.82, 2.24) is 19.5 Å². The summed E-state index contributed by atoms with van der Waals surface area (Å²) in [5.74, 6) is 0.445. The van der Waals surface area contributed by atoms with Gasteiger partial charge in [-0.3, -0.25) is 4.57 Å².